The molecule has 0 saturated heterocycles. The minimum absolute atomic E-state index is 0.136. The van der Waals surface area contributed by atoms with Gasteiger partial charge in [-0.05, 0) is 37.8 Å². The number of amides is 1. The second-order valence-electron chi connectivity index (χ2n) is 5.22. The van der Waals surface area contributed by atoms with E-state index in [-0.39, 0.29) is 17.0 Å². The number of phenols is 1. The molecule has 2 unspecified atom stereocenters. The van der Waals surface area contributed by atoms with E-state index < -0.39 is 0 Å². The van der Waals surface area contributed by atoms with E-state index in [1.165, 1.54) is 12.8 Å². The molecule has 0 aliphatic heterocycles. The van der Waals surface area contributed by atoms with Crippen molar-refractivity contribution in [1.82, 2.24) is 5.32 Å². The van der Waals surface area contributed by atoms with Crippen LogP contribution < -0.4 is 5.32 Å². The molecule has 19 heavy (non-hydrogen) atoms. The fourth-order valence-corrected chi connectivity index (χ4v) is 2.95. The van der Waals surface area contributed by atoms with Crippen LogP contribution in [0.25, 0.3) is 0 Å². The standard InChI is InChI=1S/C15H20ClNO2/c1-10-12(6-4-8-14(10)18)15(19)17-9-11-5-2-3-7-13(11)16/h4,6,8,11,13,18H,2-3,5,7,9H2,1H3,(H,17,19). The van der Waals surface area contributed by atoms with Gasteiger partial charge in [0.2, 0.25) is 0 Å². The lowest BCUT2D eigenvalue weighted by molar-refractivity contribution is 0.0943. The molecule has 1 saturated carbocycles. The Morgan fingerprint density at radius 2 is 2.16 bits per heavy atom. The first-order valence-electron chi connectivity index (χ1n) is 6.80. The van der Waals surface area contributed by atoms with Crippen LogP contribution in [0.5, 0.6) is 5.75 Å². The molecule has 3 nitrogen and oxygen atoms in total. The number of nitrogens with one attached hydrogen (secondary N) is 1. The number of hydrogen-bond donors (Lipinski definition) is 2. The number of benzene rings is 1. The number of carbonyl (C=O) groups excluding carboxylic acids is 1. The topological polar surface area (TPSA) is 49.3 Å². The first kappa shape index (κ1) is 14.2. The van der Waals surface area contributed by atoms with Crippen molar-refractivity contribution in [2.24, 2.45) is 5.92 Å². The molecule has 1 aliphatic rings. The second-order valence-corrected chi connectivity index (χ2v) is 5.78. The summed E-state index contributed by atoms with van der Waals surface area (Å²) in [7, 11) is 0. The highest BCUT2D eigenvalue weighted by atomic mass is 35.5. The predicted molar refractivity (Wildman–Crippen MR) is 76.8 cm³/mol. The van der Waals surface area contributed by atoms with Gasteiger partial charge < -0.3 is 10.4 Å². The van der Waals surface area contributed by atoms with E-state index in [1.807, 2.05) is 0 Å². The lowest BCUT2D eigenvalue weighted by Crippen LogP contribution is -2.35. The molecule has 1 amide bonds. The summed E-state index contributed by atoms with van der Waals surface area (Å²) in [6.07, 6.45) is 4.49. The SMILES string of the molecule is Cc1c(O)cccc1C(=O)NCC1CCCCC1Cl. The minimum atomic E-state index is -0.136. The van der Waals surface area contributed by atoms with Gasteiger partial charge in [0.1, 0.15) is 5.75 Å². The molecule has 0 bridgehead atoms. The van der Waals surface area contributed by atoms with Gasteiger partial charge in [0.15, 0.2) is 0 Å². The molecule has 0 radical (unpaired) electrons. The highest BCUT2D eigenvalue weighted by Gasteiger charge is 2.23. The largest absolute Gasteiger partial charge is 0.508 e. The highest BCUT2D eigenvalue weighted by molar-refractivity contribution is 6.20. The summed E-state index contributed by atoms with van der Waals surface area (Å²) in [5.41, 5.74) is 1.15. The number of halogens is 1. The number of aromatic hydroxyl groups is 1. The smallest absolute Gasteiger partial charge is 0.251 e. The summed E-state index contributed by atoms with van der Waals surface area (Å²) in [5.74, 6) is 0.375. The fraction of sp³-hybridized carbons (Fsp3) is 0.533. The van der Waals surface area contributed by atoms with Crippen LogP contribution in [-0.2, 0) is 0 Å². The van der Waals surface area contributed by atoms with Gasteiger partial charge in [-0.3, -0.25) is 4.79 Å². The summed E-state index contributed by atoms with van der Waals surface area (Å²) in [6.45, 7) is 2.36. The van der Waals surface area contributed by atoms with E-state index in [4.69, 9.17) is 11.6 Å². The molecule has 1 aromatic rings. The summed E-state index contributed by atoms with van der Waals surface area (Å²) in [6, 6.07) is 4.99. The third kappa shape index (κ3) is 3.41. The summed E-state index contributed by atoms with van der Waals surface area (Å²) in [5, 5.41) is 12.7. The Morgan fingerprint density at radius 1 is 1.42 bits per heavy atom. The first-order chi connectivity index (χ1) is 9.09. The maximum Gasteiger partial charge on any atom is 0.251 e. The third-order valence-corrected chi connectivity index (χ3v) is 4.47. The van der Waals surface area contributed by atoms with Crippen LogP contribution in [0.4, 0.5) is 0 Å². The Kier molecular flexibility index (Phi) is 4.70. The Morgan fingerprint density at radius 3 is 2.89 bits per heavy atom. The predicted octanol–water partition coefficient (Wildman–Crippen LogP) is 3.23. The average molecular weight is 282 g/mol. The summed E-state index contributed by atoms with van der Waals surface area (Å²) >= 11 is 6.28. The second kappa shape index (κ2) is 6.29. The summed E-state index contributed by atoms with van der Waals surface area (Å²) in [4.78, 5) is 12.1. The maximum absolute atomic E-state index is 12.1. The van der Waals surface area contributed by atoms with Crippen LogP contribution >= 0.6 is 11.6 Å². The molecule has 1 fully saturated rings. The van der Waals surface area contributed by atoms with Crippen molar-refractivity contribution < 1.29 is 9.90 Å². The van der Waals surface area contributed by atoms with Crippen LogP contribution in [-0.4, -0.2) is 22.9 Å². The van der Waals surface area contributed by atoms with Gasteiger partial charge >= 0.3 is 0 Å². The van der Waals surface area contributed by atoms with Crippen LogP contribution in [0, 0.1) is 12.8 Å². The van der Waals surface area contributed by atoms with E-state index in [0.29, 0.717) is 23.6 Å². The molecular weight excluding hydrogens is 262 g/mol. The van der Waals surface area contributed by atoms with Crippen molar-refractivity contribution in [3.8, 4) is 5.75 Å². The molecule has 2 rings (SSSR count). The van der Waals surface area contributed by atoms with Crippen molar-refractivity contribution in [3.05, 3.63) is 29.3 Å². The van der Waals surface area contributed by atoms with E-state index in [2.05, 4.69) is 5.32 Å². The molecule has 4 heteroatoms. The minimum Gasteiger partial charge on any atom is -0.508 e. The Balaban J connectivity index is 1.95. The Hall–Kier alpha value is -1.22. The number of carbonyl (C=O) groups is 1. The molecule has 1 aromatic carbocycles. The molecule has 0 spiro atoms. The quantitative estimate of drug-likeness (QED) is 0.836. The number of rotatable bonds is 3. The molecular formula is C15H20ClNO2. The zero-order valence-electron chi connectivity index (χ0n) is 11.2. The van der Waals surface area contributed by atoms with E-state index >= 15 is 0 Å². The van der Waals surface area contributed by atoms with Gasteiger partial charge in [0, 0.05) is 23.0 Å². The zero-order chi connectivity index (χ0) is 13.8. The lowest BCUT2D eigenvalue weighted by Gasteiger charge is -2.27. The van der Waals surface area contributed by atoms with E-state index in [9.17, 15) is 9.90 Å². The summed E-state index contributed by atoms with van der Waals surface area (Å²) < 4.78 is 0. The average Bonchev–Trinajstić information content (AvgIpc) is 2.40. The van der Waals surface area contributed by atoms with Gasteiger partial charge in [-0.25, -0.2) is 0 Å². The number of hydrogen-bond acceptors (Lipinski definition) is 2. The molecule has 2 atom stereocenters. The van der Waals surface area contributed by atoms with E-state index in [0.717, 1.165) is 12.8 Å². The Bertz CT molecular complexity index is 461. The number of phenolic OH excluding ortho intramolecular Hbond substituents is 1. The number of alkyl halides is 1. The molecule has 0 aromatic heterocycles. The van der Waals surface area contributed by atoms with Gasteiger partial charge in [-0.2, -0.15) is 0 Å². The van der Waals surface area contributed by atoms with Crippen molar-refractivity contribution in [1.29, 1.82) is 0 Å². The van der Waals surface area contributed by atoms with Crippen molar-refractivity contribution >= 4 is 17.5 Å². The van der Waals surface area contributed by atoms with Crippen molar-refractivity contribution in [3.63, 3.8) is 0 Å². The van der Waals surface area contributed by atoms with Crippen molar-refractivity contribution in [2.75, 3.05) is 6.54 Å². The van der Waals surface area contributed by atoms with Crippen LogP contribution in [0.15, 0.2) is 18.2 Å². The lowest BCUT2D eigenvalue weighted by atomic mass is 9.88. The van der Waals surface area contributed by atoms with Crippen LogP contribution in [0.2, 0.25) is 0 Å². The highest BCUT2D eigenvalue weighted by Crippen LogP contribution is 2.28. The molecule has 1 aliphatic carbocycles. The normalized spacial score (nSPS) is 23.1. The van der Waals surface area contributed by atoms with E-state index in [1.54, 1.807) is 25.1 Å². The third-order valence-electron chi connectivity index (χ3n) is 3.89. The monoisotopic (exact) mass is 281 g/mol. The molecule has 0 heterocycles. The molecule has 104 valence electrons. The molecule has 2 N–H and O–H groups in total. The van der Waals surface area contributed by atoms with Gasteiger partial charge in [-0.1, -0.05) is 18.9 Å². The first-order valence-corrected chi connectivity index (χ1v) is 7.24. The fourth-order valence-electron chi connectivity index (χ4n) is 2.58. The van der Waals surface area contributed by atoms with Gasteiger partial charge in [-0.15, -0.1) is 11.6 Å². The maximum atomic E-state index is 12.1. The van der Waals surface area contributed by atoms with Gasteiger partial charge in [0.05, 0.1) is 0 Å². The van der Waals surface area contributed by atoms with Crippen LogP contribution in [0.1, 0.15) is 41.6 Å². The van der Waals surface area contributed by atoms with Gasteiger partial charge in [0.25, 0.3) is 5.91 Å². The van der Waals surface area contributed by atoms with Crippen LogP contribution in [0.3, 0.4) is 0 Å². The Labute approximate surface area is 119 Å². The van der Waals surface area contributed by atoms with Crippen molar-refractivity contribution in [2.45, 2.75) is 38.0 Å². The zero-order valence-corrected chi connectivity index (χ0v) is 11.9.